The number of carbonyl (C=O) groups is 2. The van der Waals surface area contributed by atoms with Gasteiger partial charge in [-0.05, 0) is 37.9 Å². The van der Waals surface area contributed by atoms with E-state index >= 15 is 0 Å². The summed E-state index contributed by atoms with van der Waals surface area (Å²) in [7, 11) is 0. The molecule has 5 nitrogen and oxygen atoms in total. The van der Waals surface area contributed by atoms with E-state index < -0.39 is 0 Å². The van der Waals surface area contributed by atoms with Gasteiger partial charge >= 0.3 is 0 Å². The van der Waals surface area contributed by atoms with Crippen LogP contribution in [0.15, 0.2) is 24.3 Å². The van der Waals surface area contributed by atoms with Crippen LogP contribution >= 0.6 is 0 Å². The Balaban J connectivity index is 1.65. The minimum absolute atomic E-state index is 0.193. The number of likely N-dealkylation sites (tertiary alicyclic amines) is 1. The number of fused-ring (bicyclic) bond motifs is 1. The fourth-order valence-electron chi connectivity index (χ4n) is 3.30. The lowest BCUT2D eigenvalue weighted by Gasteiger charge is -2.25. The van der Waals surface area contributed by atoms with Gasteiger partial charge in [0, 0.05) is 25.7 Å². The average Bonchev–Trinajstić information content (AvgIpc) is 2.97. The van der Waals surface area contributed by atoms with Gasteiger partial charge in [0.15, 0.2) is 0 Å². The molecule has 2 aliphatic heterocycles. The Kier molecular flexibility index (Phi) is 3.78. The zero-order valence-electron chi connectivity index (χ0n) is 12.2. The summed E-state index contributed by atoms with van der Waals surface area (Å²) in [6.07, 6.45) is 0.972. The quantitative estimate of drug-likeness (QED) is 0.839. The molecule has 5 heteroatoms. The molecule has 1 fully saturated rings. The zero-order chi connectivity index (χ0) is 15.0. The monoisotopic (exact) mass is 288 g/mol. The van der Waals surface area contributed by atoms with Gasteiger partial charge in [-0.3, -0.25) is 19.4 Å². The van der Waals surface area contributed by atoms with Crippen molar-refractivity contribution in [2.45, 2.75) is 19.4 Å². The molecule has 2 heterocycles. The number of aliphatic hydroxyl groups is 1. The van der Waals surface area contributed by atoms with Gasteiger partial charge in [0.1, 0.15) is 0 Å². The predicted molar refractivity (Wildman–Crippen MR) is 78.0 cm³/mol. The van der Waals surface area contributed by atoms with Crippen LogP contribution in [0.4, 0.5) is 0 Å². The van der Waals surface area contributed by atoms with Crippen molar-refractivity contribution in [3.8, 4) is 0 Å². The van der Waals surface area contributed by atoms with E-state index in [4.69, 9.17) is 0 Å². The third-order valence-electron chi connectivity index (χ3n) is 4.77. The highest BCUT2D eigenvalue weighted by molar-refractivity contribution is 6.21. The van der Waals surface area contributed by atoms with Crippen LogP contribution in [0.1, 0.15) is 34.1 Å². The van der Waals surface area contributed by atoms with E-state index in [1.165, 1.54) is 4.90 Å². The van der Waals surface area contributed by atoms with Crippen LogP contribution in [-0.4, -0.2) is 59.0 Å². The largest absolute Gasteiger partial charge is 0.396 e. The first-order valence-corrected chi connectivity index (χ1v) is 7.43. The van der Waals surface area contributed by atoms with Crippen LogP contribution in [0.3, 0.4) is 0 Å². The Bertz CT molecular complexity index is 537. The maximum atomic E-state index is 12.3. The Morgan fingerprint density at radius 2 is 1.76 bits per heavy atom. The first-order chi connectivity index (χ1) is 10.1. The molecule has 112 valence electrons. The molecule has 2 aliphatic rings. The molecular formula is C16H20N2O3. The minimum Gasteiger partial charge on any atom is -0.396 e. The fraction of sp³-hybridized carbons (Fsp3) is 0.500. The summed E-state index contributed by atoms with van der Waals surface area (Å²) in [4.78, 5) is 28.1. The third-order valence-corrected chi connectivity index (χ3v) is 4.77. The number of benzene rings is 1. The third kappa shape index (κ3) is 2.36. The molecule has 0 saturated carbocycles. The Morgan fingerprint density at radius 3 is 2.29 bits per heavy atom. The van der Waals surface area contributed by atoms with Crippen LogP contribution in [0.2, 0.25) is 0 Å². The molecule has 2 unspecified atom stereocenters. The molecule has 1 aromatic carbocycles. The van der Waals surface area contributed by atoms with Crippen molar-refractivity contribution in [3.05, 3.63) is 35.4 Å². The topological polar surface area (TPSA) is 60.9 Å². The van der Waals surface area contributed by atoms with Crippen LogP contribution in [0.5, 0.6) is 0 Å². The molecule has 0 spiro atoms. The highest BCUT2D eigenvalue weighted by Gasteiger charge is 2.36. The number of nitrogens with zero attached hydrogens (tertiary/aromatic N) is 2. The molecule has 1 N–H and O–H groups in total. The lowest BCUT2D eigenvalue weighted by molar-refractivity contribution is 0.0629. The van der Waals surface area contributed by atoms with Gasteiger partial charge in [0.2, 0.25) is 0 Å². The second kappa shape index (κ2) is 5.58. The highest BCUT2D eigenvalue weighted by atomic mass is 16.3. The highest BCUT2D eigenvalue weighted by Crippen LogP contribution is 2.25. The van der Waals surface area contributed by atoms with Gasteiger partial charge in [-0.15, -0.1) is 0 Å². The molecule has 21 heavy (non-hydrogen) atoms. The molecule has 0 aliphatic carbocycles. The maximum Gasteiger partial charge on any atom is 0.261 e. The molecule has 1 saturated heterocycles. The molecule has 2 amide bonds. The van der Waals surface area contributed by atoms with E-state index in [9.17, 15) is 14.7 Å². The molecule has 1 aromatic rings. The summed E-state index contributed by atoms with van der Waals surface area (Å²) in [5.74, 6) is -0.0884. The van der Waals surface area contributed by atoms with Crippen LogP contribution in [0, 0.1) is 5.92 Å². The van der Waals surface area contributed by atoms with Gasteiger partial charge in [-0.25, -0.2) is 0 Å². The van der Waals surface area contributed by atoms with Crippen molar-refractivity contribution in [3.63, 3.8) is 0 Å². The summed E-state index contributed by atoms with van der Waals surface area (Å²) in [5, 5.41) is 9.29. The van der Waals surface area contributed by atoms with Gasteiger partial charge in [-0.2, -0.15) is 0 Å². The first kappa shape index (κ1) is 14.2. The maximum absolute atomic E-state index is 12.3. The van der Waals surface area contributed by atoms with E-state index in [2.05, 4.69) is 11.8 Å². The Hall–Kier alpha value is -1.72. The fourth-order valence-corrected chi connectivity index (χ4v) is 3.30. The number of imide groups is 1. The predicted octanol–water partition coefficient (Wildman–Crippen LogP) is 0.985. The summed E-state index contributed by atoms with van der Waals surface area (Å²) in [6.45, 7) is 4.29. The summed E-state index contributed by atoms with van der Waals surface area (Å²) >= 11 is 0. The van der Waals surface area contributed by atoms with Crippen LogP contribution in [-0.2, 0) is 0 Å². The van der Waals surface area contributed by atoms with E-state index in [0.29, 0.717) is 36.2 Å². The van der Waals surface area contributed by atoms with Gasteiger partial charge in [0.25, 0.3) is 11.8 Å². The first-order valence-electron chi connectivity index (χ1n) is 7.43. The lowest BCUT2D eigenvalue weighted by atomic mass is 10.0. The molecule has 2 atom stereocenters. The number of aliphatic hydroxyl groups excluding tert-OH is 1. The van der Waals surface area contributed by atoms with Crippen molar-refractivity contribution < 1.29 is 14.7 Å². The van der Waals surface area contributed by atoms with Crippen molar-refractivity contribution in [2.24, 2.45) is 5.92 Å². The number of rotatable bonds is 4. The van der Waals surface area contributed by atoms with Crippen LogP contribution in [0.25, 0.3) is 0 Å². The standard InChI is InChI=1S/C16H20N2O3/c1-11-12(10-19)6-7-17(11)8-9-18-15(20)13-4-2-3-5-14(13)16(18)21/h2-5,11-12,19H,6-10H2,1H3. The normalized spacial score (nSPS) is 25.7. The van der Waals surface area contributed by atoms with E-state index in [0.717, 1.165) is 13.0 Å². The minimum atomic E-state index is -0.193. The SMILES string of the molecule is CC1C(CO)CCN1CCN1C(=O)c2ccccc2C1=O. The molecule has 0 bridgehead atoms. The summed E-state index contributed by atoms with van der Waals surface area (Å²) < 4.78 is 0. The van der Waals surface area contributed by atoms with Gasteiger partial charge in [-0.1, -0.05) is 12.1 Å². The smallest absolute Gasteiger partial charge is 0.261 e. The van der Waals surface area contributed by atoms with Crippen molar-refractivity contribution >= 4 is 11.8 Å². The Morgan fingerprint density at radius 1 is 1.14 bits per heavy atom. The van der Waals surface area contributed by atoms with Gasteiger partial charge in [0.05, 0.1) is 11.1 Å². The number of hydrogen-bond donors (Lipinski definition) is 1. The van der Waals surface area contributed by atoms with E-state index in [1.807, 2.05) is 0 Å². The number of hydrogen-bond acceptors (Lipinski definition) is 4. The summed E-state index contributed by atoms with van der Waals surface area (Å²) in [5.41, 5.74) is 1.01. The number of carbonyl (C=O) groups excluding carboxylic acids is 2. The lowest BCUT2D eigenvalue weighted by Crippen LogP contribution is -2.40. The van der Waals surface area contributed by atoms with E-state index in [-0.39, 0.29) is 18.4 Å². The summed E-state index contributed by atoms with van der Waals surface area (Å²) in [6, 6.07) is 7.26. The zero-order valence-corrected chi connectivity index (χ0v) is 12.2. The number of amides is 2. The van der Waals surface area contributed by atoms with E-state index in [1.54, 1.807) is 24.3 Å². The van der Waals surface area contributed by atoms with Crippen molar-refractivity contribution in [1.29, 1.82) is 0 Å². The molecule has 0 radical (unpaired) electrons. The molecular weight excluding hydrogens is 268 g/mol. The average molecular weight is 288 g/mol. The molecule has 3 rings (SSSR count). The second-order valence-electron chi connectivity index (χ2n) is 5.82. The Labute approximate surface area is 124 Å². The van der Waals surface area contributed by atoms with Gasteiger partial charge < -0.3 is 5.11 Å². The molecule has 0 aromatic heterocycles. The van der Waals surface area contributed by atoms with Crippen molar-refractivity contribution in [1.82, 2.24) is 9.80 Å². The van der Waals surface area contributed by atoms with Crippen molar-refractivity contribution in [2.75, 3.05) is 26.2 Å². The second-order valence-corrected chi connectivity index (χ2v) is 5.82. The van der Waals surface area contributed by atoms with Crippen LogP contribution < -0.4 is 0 Å².